The minimum Gasteiger partial charge on any atom is -0.292 e. The molecule has 0 radical (unpaired) electrons. The van der Waals surface area contributed by atoms with Gasteiger partial charge in [0.05, 0.1) is 6.54 Å². The lowest BCUT2D eigenvalue weighted by Crippen LogP contribution is -2.35. The summed E-state index contributed by atoms with van der Waals surface area (Å²) in [5.41, 5.74) is 0.248. The number of rotatable bonds is 4. The van der Waals surface area contributed by atoms with Crippen molar-refractivity contribution in [2.24, 2.45) is 5.92 Å². The molecule has 1 aliphatic heterocycles. The summed E-state index contributed by atoms with van der Waals surface area (Å²) in [4.78, 5) is 2.20. The van der Waals surface area contributed by atoms with Crippen LogP contribution in [0.15, 0.2) is 12.1 Å². The Bertz CT molecular complexity index is 507. The zero-order chi connectivity index (χ0) is 14.5. The summed E-state index contributed by atoms with van der Waals surface area (Å²) < 4.78 is 39.5. The Balaban J connectivity index is 1.92. The first-order valence-electron chi connectivity index (χ1n) is 6.89. The van der Waals surface area contributed by atoms with Gasteiger partial charge in [-0.2, -0.15) is 0 Å². The highest BCUT2D eigenvalue weighted by molar-refractivity contribution is 5.20. The van der Waals surface area contributed by atoms with Gasteiger partial charge >= 0.3 is 0 Å². The molecule has 4 heteroatoms. The molecule has 2 rings (SSSR count). The van der Waals surface area contributed by atoms with Gasteiger partial charge in [-0.3, -0.25) is 4.90 Å². The average molecular weight is 281 g/mol. The Kier molecular flexibility index (Phi) is 5.08. The van der Waals surface area contributed by atoms with Crippen LogP contribution in [0.5, 0.6) is 0 Å². The van der Waals surface area contributed by atoms with Gasteiger partial charge in [0.25, 0.3) is 0 Å². The van der Waals surface area contributed by atoms with Gasteiger partial charge in [-0.25, -0.2) is 13.2 Å². The molecule has 0 N–H and O–H groups in total. The Labute approximate surface area is 117 Å². The van der Waals surface area contributed by atoms with Gasteiger partial charge < -0.3 is 0 Å². The van der Waals surface area contributed by atoms with Crippen LogP contribution >= 0.6 is 0 Å². The van der Waals surface area contributed by atoms with E-state index in [1.54, 1.807) is 0 Å². The molecule has 1 heterocycles. The average Bonchev–Trinajstić information content (AvgIpc) is 2.42. The second-order valence-electron chi connectivity index (χ2n) is 5.34. The van der Waals surface area contributed by atoms with Gasteiger partial charge in [-0.1, -0.05) is 5.92 Å². The molecule has 0 spiro atoms. The van der Waals surface area contributed by atoms with E-state index in [-0.39, 0.29) is 5.56 Å². The summed E-state index contributed by atoms with van der Waals surface area (Å²) in [6.07, 6.45) is 8.65. The van der Waals surface area contributed by atoms with Crippen molar-refractivity contribution >= 4 is 0 Å². The van der Waals surface area contributed by atoms with E-state index in [4.69, 9.17) is 6.42 Å². The summed E-state index contributed by atoms with van der Waals surface area (Å²) in [7, 11) is 0. The molecule has 1 unspecified atom stereocenters. The first-order valence-corrected chi connectivity index (χ1v) is 6.89. The van der Waals surface area contributed by atoms with E-state index >= 15 is 0 Å². The van der Waals surface area contributed by atoms with Crippen molar-refractivity contribution < 1.29 is 13.2 Å². The van der Waals surface area contributed by atoms with Crippen molar-refractivity contribution in [2.45, 2.75) is 25.7 Å². The molecule has 0 saturated carbocycles. The Morgan fingerprint density at radius 1 is 1.20 bits per heavy atom. The van der Waals surface area contributed by atoms with Crippen LogP contribution in [0.4, 0.5) is 13.2 Å². The van der Waals surface area contributed by atoms with Crippen LogP contribution in [0.25, 0.3) is 0 Å². The highest BCUT2D eigenvalue weighted by Gasteiger charge is 2.20. The smallest absolute Gasteiger partial charge is 0.161 e. The fourth-order valence-electron chi connectivity index (χ4n) is 2.77. The number of terminal acetylenes is 1. The lowest BCUT2D eigenvalue weighted by atomic mass is 9.91. The summed E-state index contributed by atoms with van der Waals surface area (Å²) in [6, 6.07) is 1.59. The van der Waals surface area contributed by atoms with Gasteiger partial charge in [-0.15, -0.1) is 6.42 Å². The Hall–Kier alpha value is -1.47. The standard InChI is InChI=1S/C16H18F3N/c1-2-7-20-8-3-4-12(11-20)5-6-13-9-15(18)16(19)10-14(13)17/h1,9-10,12H,3-8,11H2. The maximum Gasteiger partial charge on any atom is 0.161 e. The van der Waals surface area contributed by atoms with Crippen LogP contribution in [0.3, 0.4) is 0 Å². The zero-order valence-electron chi connectivity index (χ0n) is 11.3. The SMILES string of the molecule is C#CCN1CCCC(CCc2cc(F)c(F)cc2F)C1. The number of benzene rings is 1. The molecule has 1 atom stereocenters. The van der Waals surface area contributed by atoms with E-state index in [2.05, 4.69) is 10.8 Å². The molecule has 1 saturated heterocycles. The molecule has 1 aliphatic rings. The molecular weight excluding hydrogens is 263 g/mol. The van der Waals surface area contributed by atoms with Gasteiger partial charge in [0, 0.05) is 12.6 Å². The second kappa shape index (κ2) is 6.81. The number of aryl methyl sites for hydroxylation is 1. The van der Waals surface area contributed by atoms with Crippen molar-refractivity contribution in [3.05, 3.63) is 35.1 Å². The van der Waals surface area contributed by atoms with E-state index in [0.717, 1.165) is 38.4 Å². The minimum atomic E-state index is -1.14. The fourth-order valence-corrected chi connectivity index (χ4v) is 2.77. The summed E-state index contributed by atoms with van der Waals surface area (Å²) in [5, 5.41) is 0. The predicted octanol–water partition coefficient (Wildman–Crippen LogP) is 3.38. The molecular formula is C16H18F3N. The van der Waals surface area contributed by atoms with Gasteiger partial charge in [0.15, 0.2) is 11.6 Å². The number of hydrogen-bond acceptors (Lipinski definition) is 1. The third kappa shape index (κ3) is 3.77. The lowest BCUT2D eigenvalue weighted by Gasteiger charge is -2.31. The number of halogens is 3. The number of hydrogen-bond donors (Lipinski definition) is 0. The number of nitrogens with zero attached hydrogens (tertiary/aromatic N) is 1. The van der Waals surface area contributed by atoms with Crippen molar-refractivity contribution in [2.75, 3.05) is 19.6 Å². The Morgan fingerprint density at radius 2 is 1.95 bits per heavy atom. The normalized spacial score (nSPS) is 19.8. The third-order valence-corrected chi connectivity index (χ3v) is 3.83. The van der Waals surface area contributed by atoms with Crippen LogP contribution in [-0.4, -0.2) is 24.5 Å². The van der Waals surface area contributed by atoms with Crippen molar-refractivity contribution in [3.63, 3.8) is 0 Å². The summed E-state index contributed by atoms with van der Waals surface area (Å²) in [5.74, 6) is 0.275. The van der Waals surface area contributed by atoms with Crippen molar-refractivity contribution in [1.82, 2.24) is 4.90 Å². The highest BCUT2D eigenvalue weighted by Crippen LogP contribution is 2.23. The first kappa shape index (κ1) is 14.9. The van der Waals surface area contributed by atoms with Crippen LogP contribution in [0.2, 0.25) is 0 Å². The predicted molar refractivity (Wildman–Crippen MR) is 72.6 cm³/mol. The van der Waals surface area contributed by atoms with Gasteiger partial charge in [0.1, 0.15) is 5.82 Å². The van der Waals surface area contributed by atoms with Crippen LogP contribution in [0, 0.1) is 35.7 Å². The lowest BCUT2D eigenvalue weighted by molar-refractivity contribution is 0.186. The van der Waals surface area contributed by atoms with Crippen molar-refractivity contribution in [1.29, 1.82) is 0 Å². The Morgan fingerprint density at radius 3 is 2.70 bits per heavy atom. The topological polar surface area (TPSA) is 3.24 Å². The molecule has 20 heavy (non-hydrogen) atoms. The maximum atomic E-state index is 13.5. The van der Waals surface area contributed by atoms with Crippen LogP contribution < -0.4 is 0 Å². The molecule has 0 aromatic heterocycles. The molecule has 108 valence electrons. The van der Waals surface area contributed by atoms with E-state index in [1.807, 2.05) is 0 Å². The van der Waals surface area contributed by atoms with Gasteiger partial charge in [-0.05, 0) is 49.8 Å². The van der Waals surface area contributed by atoms with Gasteiger partial charge in [0.2, 0.25) is 0 Å². The number of likely N-dealkylation sites (tertiary alicyclic amines) is 1. The minimum absolute atomic E-state index is 0.248. The van der Waals surface area contributed by atoms with Crippen molar-refractivity contribution in [3.8, 4) is 12.3 Å². The van der Waals surface area contributed by atoms with Crippen LogP contribution in [-0.2, 0) is 6.42 Å². The number of piperidine rings is 1. The second-order valence-corrected chi connectivity index (χ2v) is 5.34. The quantitative estimate of drug-likeness (QED) is 0.604. The van der Waals surface area contributed by atoms with E-state index < -0.39 is 17.5 Å². The zero-order valence-corrected chi connectivity index (χ0v) is 11.3. The van der Waals surface area contributed by atoms with Crippen LogP contribution in [0.1, 0.15) is 24.8 Å². The molecule has 0 aliphatic carbocycles. The first-order chi connectivity index (χ1) is 9.60. The monoisotopic (exact) mass is 281 g/mol. The van der Waals surface area contributed by atoms with E-state index in [9.17, 15) is 13.2 Å². The molecule has 1 fully saturated rings. The summed E-state index contributed by atoms with van der Waals surface area (Å²) >= 11 is 0. The van der Waals surface area contributed by atoms with E-state index in [0.29, 0.717) is 24.9 Å². The maximum absolute atomic E-state index is 13.5. The third-order valence-electron chi connectivity index (χ3n) is 3.83. The molecule has 1 aromatic rings. The largest absolute Gasteiger partial charge is 0.292 e. The fraction of sp³-hybridized carbons (Fsp3) is 0.500. The molecule has 1 nitrogen and oxygen atoms in total. The molecule has 0 amide bonds. The molecule has 0 bridgehead atoms. The van der Waals surface area contributed by atoms with E-state index in [1.165, 1.54) is 0 Å². The highest BCUT2D eigenvalue weighted by atomic mass is 19.2. The summed E-state index contributed by atoms with van der Waals surface area (Å²) in [6.45, 7) is 2.53. The molecule has 1 aromatic carbocycles.